The summed E-state index contributed by atoms with van der Waals surface area (Å²) in [5, 5.41) is 17.5. The summed E-state index contributed by atoms with van der Waals surface area (Å²) >= 11 is 0. The van der Waals surface area contributed by atoms with E-state index in [0.717, 1.165) is 0 Å². The molecule has 0 aliphatic rings. The molecule has 142 valence electrons. The smallest absolute Gasteiger partial charge is 0.307 e. The number of carbonyl (C=O) groups is 5. The lowest BCUT2D eigenvalue weighted by Gasteiger charge is -2.09. The molecular formula is C17H27NO7. The van der Waals surface area contributed by atoms with Crippen molar-refractivity contribution in [1.29, 1.82) is 0 Å². The van der Waals surface area contributed by atoms with Crippen molar-refractivity contribution in [1.82, 2.24) is 0 Å². The van der Waals surface area contributed by atoms with Crippen molar-refractivity contribution in [3.63, 3.8) is 0 Å². The molecule has 0 spiro atoms. The van der Waals surface area contributed by atoms with E-state index < -0.39 is 24.3 Å². The van der Waals surface area contributed by atoms with Crippen LogP contribution in [0.1, 0.15) is 64.2 Å². The van der Waals surface area contributed by atoms with E-state index in [2.05, 4.69) is 0 Å². The third-order valence-electron chi connectivity index (χ3n) is 3.80. The molecule has 0 heterocycles. The van der Waals surface area contributed by atoms with E-state index in [1.54, 1.807) is 0 Å². The van der Waals surface area contributed by atoms with Crippen LogP contribution >= 0.6 is 0 Å². The molecule has 1 atom stereocenters. The maximum atomic E-state index is 11.7. The van der Waals surface area contributed by atoms with Crippen LogP contribution in [-0.2, 0) is 24.0 Å². The minimum Gasteiger partial charge on any atom is -0.481 e. The van der Waals surface area contributed by atoms with Gasteiger partial charge in [-0.3, -0.25) is 24.0 Å². The largest absolute Gasteiger partial charge is 0.481 e. The molecule has 0 aromatic rings. The molecule has 8 nitrogen and oxygen atoms in total. The van der Waals surface area contributed by atoms with E-state index in [1.807, 2.05) is 0 Å². The molecule has 25 heavy (non-hydrogen) atoms. The van der Waals surface area contributed by atoms with Crippen LogP contribution in [0.4, 0.5) is 0 Å². The van der Waals surface area contributed by atoms with Gasteiger partial charge in [-0.1, -0.05) is 0 Å². The summed E-state index contributed by atoms with van der Waals surface area (Å²) in [5.74, 6) is -3.71. The zero-order valence-corrected chi connectivity index (χ0v) is 14.4. The maximum Gasteiger partial charge on any atom is 0.307 e. The van der Waals surface area contributed by atoms with Gasteiger partial charge in [0.1, 0.15) is 17.3 Å². The Morgan fingerprint density at radius 1 is 0.720 bits per heavy atom. The first-order chi connectivity index (χ1) is 11.8. The number of rotatable bonds is 16. The summed E-state index contributed by atoms with van der Waals surface area (Å²) in [6.07, 6.45) is 1.42. The third kappa shape index (κ3) is 12.9. The number of hydrogen-bond acceptors (Lipinski definition) is 6. The first-order valence-corrected chi connectivity index (χ1v) is 8.46. The minimum absolute atomic E-state index is 0.0109. The van der Waals surface area contributed by atoms with Gasteiger partial charge >= 0.3 is 11.9 Å². The monoisotopic (exact) mass is 357 g/mol. The molecule has 0 aromatic heterocycles. The zero-order chi connectivity index (χ0) is 19.2. The van der Waals surface area contributed by atoms with E-state index in [1.165, 1.54) is 0 Å². The van der Waals surface area contributed by atoms with Gasteiger partial charge in [-0.2, -0.15) is 0 Å². The fourth-order valence-corrected chi connectivity index (χ4v) is 2.30. The fourth-order valence-electron chi connectivity index (χ4n) is 2.30. The first-order valence-electron chi connectivity index (χ1n) is 8.46. The van der Waals surface area contributed by atoms with E-state index >= 15 is 0 Å². The van der Waals surface area contributed by atoms with E-state index in [-0.39, 0.29) is 62.3 Å². The Kier molecular flexibility index (Phi) is 12.1. The van der Waals surface area contributed by atoms with Crippen LogP contribution in [0.2, 0.25) is 0 Å². The van der Waals surface area contributed by atoms with Gasteiger partial charge in [0.25, 0.3) is 0 Å². The second kappa shape index (κ2) is 13.2. The topological polar surface area (TPSA) is 152 Å². The highest BCUT2D eigenvalue weighted by molar-refractivity contribution is 5.89. The molecular weight excluding hydrogens is 330 g/mol. The lowest BCUT2D eigenvalue weighted by atomic mass is 9.96. The second-order valence-electron chi connectivity index (χ2n) is 6.03. The Balaban J connectivity index is 3.91. The highest BCUT2D eigenvalue weighted by Gasteiger charge is 2.21. The van der Waals surface area contributed by atoms with Crippen LogP contribution in [0.3, 0.4) is 0 Å². The van der Waals surface area contributed by atoms with E-state index in [0.29, 0.717) is 19.4 Å². The van der Waals surface area contributed by atoms with Gasteiger partial charge in [0.15, 0.2) is 0 Å². The highest BCUT2D eigenvalue weighted by Crippen LogP contribution is 2.14. The number of ketones is 3. The van der Waals surface area contributed by atoms with Crippen LogP contribution in [0, 0.1) is 5.92 Å². The number of Topliss-reactive ketones (excluding diaryl/α,β-unsaturated/α-hetero) is 3. The second-order valence-corrected chi connectivity index (χ2v) is 6.03. The normalized spacial score (nSPS) is 11.7. The van der Waals surface area contributed by atoms with Crippen molar-refractivity contribution < 1.29 is 34.2 Å². The summed E-state index contributed by atoms with van der Waals surface area (Å²) in [4.78, 5) is 56.2. The Morgan fingerprint density at radius 2 is 1.16 bits per heavy atom. The van der Waals surface area contributed by atoms with Crippen molar-refractivity contribution in [2.24, 2.45) is 11.7 Å². The van der Waals surface area contributed by atoms with Gasteiger partial charge in [-0.05, 0) is 25.8 Å². The van der Waals surface area contributed by atoms with E-state index in [9.17, 15) is 24.0 Å². The average Bonchev–Trinajstić information content (AvgIpc) is 2.54. The standard InChI is InChI=1S/C17H27NO7/c18-10-2-5-14(20)7-9-15(21)8-6-13(19)4-1-3-12(17(24)25)11-16(22)23/h12H,1-11,18H2,(H,22,23)(H,24,25). The van der Waals surface area contributed by atoms with Gasteiger partial charge in [0, 0.05) is 38.5 Å². The molecule has 0 bridgehead atoms. The van der Waals surface area contributed by atoms with Crippen molar-refractivity contribution >= 4 is 29.3 Å². The van der Waals surface area contributed by atoms with Crippen molar-refractivity contribution in [2.45, 2.75) is 64.2 Å². The summed E-state index contributed by atoms with van der Waals surface area (Å²) < 4.78 is 0. The van der Waals surface area contributed by atoms with Gasteiger partial charge < -0.3 is 15.9 Å². The van der Waals surface area contributed by atoms with Crippen molar-refractivity contribution in [3.8, 4) is 0 Å². The summed E-state index contributed by atoms with van der Waals surface area (Å²) in [5.41, 5.74) is 5.29. The Hall–Kier alpha value is -2.09. The predicted octanol–water partition coefficient (Wildman–Crippen LogP) is 1.34. The SMILES string of the molecule is NCCCC(=O)CCC(=O)CCC(=O)CCCC(CC(=O)O)C(=O)O. The maximum absolute atomic E-state index is 11.7. The van der Waals surface area contributed by atoms with Gasteiger partial charge in [-0.25, -0.2) is 0 Å². The van der Waals surface area contributed by atoms with Crippen molar-refractivity contribution in [2.75, 3.05) is 6.54 Å². The number of carboxylic acids is 2. The number of carbonyl (C=O) groups excluding carboxylic acids is 3. The van der Waals surface area contributed by atoms with Gasteiger partial charge in [-0.15, -0.1) is 0 Å². The molecule has 4 N–H and O–H groups in total. The lowest BCUT2D eigenvalue weighted by Crippen LogP contribution is -2.18. The molecule has 8 heteroatoms. The third-order valence-corrected chi connectivity index (χ3v) is 3.80. The Bertz CT molecular complexity index is 487. The van der Waals surface area contributed by atoms with Gasteiger partial charge in [0.05, 0.1) is 12.3 Å². The fraction of sp³-hybridized carbons (Fsp3) is 0.706. The molecule has 0 saturated carbocycles. The molecule has 0 aliphatic heterocycles. The van der Waals surface area contributed by atoms with Crippen molar-refractivity contribution in [3.05, 3.63) is 0 Å². The molecule has 0 rings (SSSR count). The number of carboxylic acid groups (broad SMARTS) is 2. The summed E-state index contributed by atoms with van der Waals surface area (Å²) in [6, 6.07) is 0. The molecule has 1 unspecified atom stereocenters. The Morgan fingerprint density at radius 3 is 1.56 bits per heavy atom. The predicted molar refractivity (Wildman–Crippen MR) is 89.0 cm³/mol. The number of hydrogen-bond donors (Lipinski definition) is 3. The molecule has 0 radical (unpaired) electrons. The highest BCUT2D eigenvalue weighted by atomic mass is 16.4. The molecule has 0 amide bonds. The van der Waals surface area contributed by atoms with Crippen LogP contribution in [0.25, 0.3) is 0 Å². The molecule has 0 saturated heterocycles. The van der Waals surface area contributed by atoms with Crippen LogP contribution in [0.15, 0.2) is 0 Å². The van der Waals surface area contributed by atoms with Crippen LogP contribution in [0.5, 0.6) is 0 Å². The average molecular weight is 357 g/mol. The van der Waals surface area contributed by atoms with Crippen LogP contribution in [-0.4, -0.2) is 46.0 Å². The minimum atomic E-state index is -1.19. The summed E-state index contributed by atoms with van der Waals surface area (Å²) in [7, 11) is 0. The summed E-state index contributed by atoms with van der Waals surface area (Å²) in [6.45, 7) is 0.434. The lowest BCUT2D eigenvalue weighted by molar-refractivity contribution is -0.148. The van der Waals surface area contributed by atoms with Gasteiger partial charge in [0.2, 0.25) is 0 Å². The molecule has 0 aromatic carbocycles. The number of aliphatic carboxylic acids is 2. The zero-order valence-electron chi connectivity index (χ0n) is 14.4. The Labute approximate surface area is 146 Å². The molecule has 0 fully saturated rings. The van der Waals surface area contributed by atoms with E-state index in [4.69, 9.17) is 15.9 Å². The molecule has 0 aliphatic carbocycles. The quantitative estimate of drug-likeness (QED) is 0.374. The number of nitrogens with two attached hydrogens (primary N) is 1. The first kappa shape index (κ1) is 22.9. The van der Waals surface area contributed by atoms with Crippen LogP contribution < -0.4 is 5.73 Å².